The van der Waals surface area contributed by atoms with Crippen LogP contribution in [0.5, 0.6) is 5.75 Å². The van der Waals surface area contributed by atoms with Crippen LogP contribution in [0, 0.1) is 0 Å². The lowest BCUT2D eigenvalue weighted by atomic mass is 10.0. The van der Waals surface area contributed by atoms with Crippen LogP contribution in [0.1, 0.15) is 36.7 Å². The fourth-order valence-corrected chi connectivity index (χ4v) is 3.89. The Morgan fingerprint density at radius 1 is 0.974 bits per heavy atom. The maximum absolute atomic E-state index is 13.1. The zero-order valence-electron chi connectivity index (χ0n) is 23.2. The molecule has 1 aromatic heterocycles. The Morgan fingerprint density at radius 2 is 1.67 bits per heavy atom. The Bertz CT molecular complexity index is 1200. The molecule has 1 N–H and O–H groups in total. The van der Waals surface area contributed by atoms with E-state index in [1.165, 1.54) is 6.08 Å². The van der Waals surface area contributed by atoms with Crippen molar-refractivity contribution < 1.29 is 19.2 Å². The average molecular weight is 531 g/mol. The van der Waals surface area contributed by atoms with Gasteiger partial charge in [0.2, 0.25) is 0 Å². The van der Waals surface area contributed by atoms with Gasteiger partial charge in [0.1, 0.15) is 24.2 Å². The molecule has 0 radical (unpaired) electrons. The van der Waals surface area contributed by atoms with Crippen LogP contribution in [0.4, 0.5) is 5.82 Å². The molecule has 8 heteroatoms. The summed E-state index contributed by atoms with van der Waals surface area (Å²) in [5, 5.41) is 4.79. The van der Waals surface area contributed by atoms with E-state index in [0.717, 1.165) is 17.1 Å². The molecule has 3 rings (SSSR count). The normalized spacial score (nSPS) is 12.1. The number of nitrogens with one attached hydrogen (secondary N) is 1. The first-order valence-corrected chi connectivity index (χ1v) is 13.2. The third-order valence-electron chi connectivity index (χ3n) is 6.12. The second-order valence-electron chi connectivity index (χ2n) is 9.09. The maximum Gasteiger partial charge on any atom is 0.347 e. The number of aromatic nitrogens is 1. The zero-order chi connectivity index (χ0) is 28.0. The molecule has 0 amide bonds. The molecule has 0 fully saturated rings. The molecule has 0 bridgehead atoms. The number of hydroxylamine groups is 2. The van der Waals surface area contributed by atoms with E-state index in [4.69, 9.17) is 9.57 Å². The molecule has 0 aliphatic carbocycles. The highest BCUT2D eigenvalue weighted by molar-refractivity contribution is 6.04. The molecule has 2 aromatic carbocycles. The number of ether oxygens (including phenoxy) is 1. The van der Waals surface area contributed by atoms with E-state index in [0.29, 0.717) is 43.9 Å². The SMILES string of the molecule is CCN(CC)OC(=O)[C@@H](Cc1ccc(OCCN(C)c2ccccn2)cc1)NC(C)=CC(=O)c1ccccc1. The average Bonchev–Trinajstić information content (AvgIpc) is 2.97. The van der Waals surface area contributed by atoms with Gasteiger partial charge in [0, 0.05) is 50.1 Å². The lowest BCUT2D eigenvalue weighted by molar-refractivity contribution is -0.191. The highest BCUT2D eigenvalue weighted by Crippen LogP contribution is 2.16. The van der Waals surface area contributed by atoms with E-state index in [-0.39, 0.29) is 5.78 Å². The van der Waals surface area contributed by atoms with Crippen molar-refractivity contribution in [3.63, 3.8) is 0 Å². The smallest absolute Gasteiger partial charge is 0.347 e. The number of hydrogen-bond donors (Lipinski definition) is 1. The quantitative estimate of drug-likeness (QED) is 0.172. The van der Waals surface area contributed by atoms with Crippen LogP contribution in [-0.4, -0.2) is 61.1 Å². The van der Waals surface area contributed by atoms with Crippen LogP contribution >= 0.6 is 0 Å². The van der Waals surface area contributed by atoms with E-state index in [1.807, 2.05) is 86.5 Å². The highest BCUT2D eigenvalue weighted by Gasteiger charge is 2.23. The summed E-state index contributed by atoms with van der Waals surface area (Å²) in [6.07, 6.45) is 3.66. The zero-order valence-corrected chi connectivity index (χ0v) is 23.2. The molecule has 0 saturated carbocycles. The molecule has 0 aliphatic rings. The first kappa shape index (κ1) is 29.4. The van der Waals surface area contributed by atoms with Gasteiger partial charge in [-0.25, -0.2) is 9.78 Å². The monoisotopic (exact) mass is 530 g/mol. The Kier molecular flexibility index (Phi) is 11.5. The molecule has 0 unspecified atom stereocenters. The first-order valence-electron chi connectivity index (χ1n) is 13.2. The Morgan fingerprint density at radius 3 is 2.31 bits per heavy atom. The molecule has 1 atom stereocenters. The second kappa shape index (κ2) is 15.3. The van der Waals surface area contributed by atoms with Crippen molar-refractivity contribution in [3.8, 4) is 5.75 Å². The van der Waals surface area contributed by atoms with Crippen molar-refractivity contribution in [2.75, 3.05) is 38.2 Å². The van der Waals surface area contributed by atoms with E-state index in [1.54, 1.807) is 30.3 Å². The minimum Gasteiger partial charge on any atom is -0.492 e. The molecule has 1 heterocycles. The van der Waals surface area contributed by atoms with Crippen molar-refractivity contribution in [1.29, 1.82) is 0 Å². The number of allylic oxidation sites excluding steroid dienone is 2. The van der Waals surface area contributed by atoms with Crippen LogP contribution in [0.15, 0.2) is 90.8 Å². The van der Waals surface area contributed by atoms with Crippen molar-refractivity contribution in [1.82, 2.24) is 15.4 Å². The number of anilines is 1. The topological polar surface area (TPSA) is 84.0 Å². The standard InChI is InChI=1S/C31H38N4O4/c1-5-35(6-2)39-31(37)28(33-24(3)22-29(36)26-12-8-7-9-13-26)23-25-15-17-27(18-16-25)38-21-20-34(4)30-14-10-11-19-32-30/h7-19,22,28,33H,5-6,20-21,23H2,1-4H3/t28-/m1/s1. The van der Waals surface area contributed by atoms with Crippen LogP contribution in [0.25, 0.3) is 0 Å². The number of benzene rings is 2. The summed E-state index contributed by atoms with van der Waals surface area (Å²) >= 11 is 0. The molecular weight excluding hydrogens is 492 g/mol. The fraction of sp³-hybridized carbons (Fsp3) is 0.323. The summed E-state index contributed by atoms with van der Waals surface area (Å²) in [6, 6.07) is 21.8. The molecule has 39 heavy (non-hydrogen) atoms. The fourth-order valence-electron chi connectivity index (χ4n) is 3.89. The van der Waals surface area contributed by atoms with Crippen molar-refractivity contribution in [3.05, 3.63) is 102 Å². The Balaban J connectivity index is 1.63. The van der Waals surface area contributed by atoms with E-state index < -0.39 is 12.0 Å². The van der Waals surface area contributed by atoms with Gasteiger partial charge in [0.25, 0.3) is 0 Å². The number of carbonyl (C=O) groups is 2. The summed E-state index contributed by atoms with van der Waals surface area (Å²) < 4.78 is 5.91. The van der Waals surface area contributed by atoms with Gasteiger partial charge in [-0.1, -0.05) is 48.5 Å². The van der Waals surface area contributed by atoms with Gasteiger partial charge >= 0.3 is 5.97 Å². The molecular formula is C31H38N4O4. The first-order chi connectivity index (χ1) is 18.9. The number of ketones is 1. The van der Waals surface area contributed by atoms with Gasteiger partial charge in [-0.3, -0.25) is 4.79 Å². The van der Waals surface area contributed by atoms with Crippen LogP contribution < -0.4 is 15.0 Å². The van der Waals surface area contributed by atoms with Gasteiger partial charge in [-0.15, -0.1) is 5.06 Å². The lowest BCUT2D eigenvalue weighted by Gasteiger charge is -2.23. The molecule has 0 saturated heterocycles. The number of carbonyl (C=O) groups excluding carboxylic acids is 2. The Labute approximate surface area is 231 Å². The number of likely N-dealkylation sites (N-methyl/N-ethyl adjacent to an activating group) is 1. The van der Waals surface area contributed by atoms with E-state index >= 15 is 0 Å². The van der Waals surface area contributed by atoms with Crippen molar-refractivity contribution >= 4 is 17.6 Å². The lowest BCUT2D eigenvalue weighted by Crippen LogP contribution is -2.42. The molecule has 3 aromatic rings. The minimum atomic E-state index is -0.677. The highest BCUT2D eigenvalue weighted by atomic mass is 16.7. The summed E-state index contributed by atoms with van der Waals surface area (Å²) in [4.78, 5) is 37.7. The summed E-state index contributed by atoms with van der Waals surface area (Å²) in [7, 11) is 1.98. The van der Waals surface area contributed by atoms with Crippen molar-refractivity contribution in [2.24, 2.45) is 0 Å². The van der Waals surface area contributed by atoms with Gasteiger partial charge in [-0.05, 0) is 50.6 Å². The third-order valence-corrected chi connectivity index (χ3v) is 6.12. The van der Waals surface area contributed by atoms with Crippen molar-refractivity contribution in [2.45, 2.75) is 33.2 Å². The number of nitrogens with zero attached hydrogens (tertiary/aromatic N) is 3. The van der Waals surface area contributed by atoms with Gasteiger partial charge in [-0.2, -0.15) is 0 Å². The van der Waals surface area contributed by atoms with Gasteiger partial charge < -0.3 is 19.8 Å². The Hall–Kier alpha value is -4.17. The maximum atomic E-state index is 13.1. The number of rotatable bonds is 15. The summed E-state index contributed by atoms with van der Waals surface area (Å²) in [6.45, 7) is 7.99. The minimum absolute atomic E-state index is 0.133. The largest absolute Gasteiger partial charge is 0.492 e. The van der Waals surface area contributed by atoms with Crippen LogP contribution in [0.2, 0.25) is 0 Å². The predicted octanol–water partition coefficient (Wildman–Crippen LogP) is 4.68. The third kappa shape index (κ3) is 9.57. The predicted molar refractivity (Wildman–Crippen MR) is 154 cm³/mol. The van der Waals surface area contributed by atoms with Crippen LogP contribution in [-0.2, 0) is 16.1 Å². The summed E-state index contributed by atoms with van der Waals surface area (Å²) in [5.74, 6) is 1.09. The molecule has 0 aliphatic heterocycles. The second-order valence-corrected chi connectivity index (χ2v) is 9.09. The van der Waals surface area contributed by atoms with E-state index in [9.17, 15) is 9.59 Å². The van der Waals surface area contributed by atoms with Gasteiger partial charge in [0.05, 0.1) is 6.54 Å². The summed E-state index contributed by atoms with van der Waals surface area (Å²) in [5.41, 5.74) is 2.11. The van der Waals surface area contributed by atoms with Crippen LogP contribution in [0.3, 0.4) is 0 Å². The van der Waals surface area contributed by atoms with E-state index in [2.05, 4.69) is 10.3 Å². The molecule has 0 spiro atoms. The number of pyridine rings is 1. The molecule has 8 nitrogen and oxygen atoms in total. The molecule has 206 valence electrons. The van der Waals surface area contributed by atoms with Gasteiger partial charge in [0.15, 0.2) is 5.78 Å². The number of hydrogen-bond acceptors (Lipinski definition) is 8.